The van der Waals surface area contributed by atoms with Crippen molar-refractivity contribution in [2.45, 2.75) is 61.6 Å². The lowest BCUT2D eigenvalue weighted by molar-refractivity contribution is -0.410. The van der Waals surface area contributed by atoms with E-state index in [9.17, 15) is 13.2 Å². The fourth-order valence-electron chi connectivity index (χ4n) is 4.87. The van der Waals surface area contributed by atoms with Crippen molar-refractivity contribution >= 4 is 24.8 Å². The van der Waals surface area contributed by atoms with Crippen molar-refractivity contribution in [3.8, 4) is 0 Å². The lowest BCUT2D eigenvalue weighted by atomic mass is 10.0. The SMILES string of the molecule is C=[N+](c1c(C)cc(C)cc1C)[C-](C)c1cc(C(F)(F)F)cc([C-](C)[N+](=C)c2c(C)cc(C)cc2C)n1. The molecule has 0 aliphatic heterocycles. The molecule has 0 aliphatic rings. The Kier molecular flexibility index (Phi) is 7.40. The zero-order valence-corrected chi connectivity index (χ0v) is 22.4. The Balaban J connectivity index is 2.11. The molecule has 0 unspecified atom stereocenters. The van der Waals surface area contributed by atoms with Gasteiger partial charge >= 0.3 is 6.18 Å². The molecule has 2 aromatic carbocycles. The first-order valence-electron chi connectivity index (χ1n) is 11.8. The highest BCUT2D eigenvalue weighted by Gasteiger charge is 2.31. The molecule has 0 saturated heterocycles. The minimum Gasteiger partial charge on any atom is -0.290 e. The predicted octanol–water partition coefficient (Wildman–Crippen LogP) is 7.84. The molecule has 3 rings (SSSR count). The molecule has 3 nitrogen and oxygen atoms in total. The summed E-state index contributed by atoms with van der Waals surface area (Å²) in [4.78, 5) is 4.66. The molecule has 1 heterocycles. The quantitative estimate of drug-likeness (QED) is 0.194. The van der Waals surface area contributed by atoms with E-state index in [0.717, 1.165) is 56.9 Å². The molecule has 0 N–H and O–H groups in total. The molecule has 0 bridgehead atoms. The molecular formula is C30H34F3N3. The van der Waals surface area contributed by atoms with Crippen LogP contribution in [0.3, 0.4) is 0 Å². The van der Waals surface area contributed by atoms with Gasteiger partial charge in [0.15, 0.2) is 0 Å². The largest absolute Gasteiger partial charge is 0.400 e. The number of nitrogens with zero attached hydrogens (tertiary/aromatic N) is 3. The first-order valence-corrected chi connectivity index (χ1v) is 11.8. The number of alkyl halides is 3. The van der Waals surface area contributed by atoms with Crippen LogP contribution in [0.4, 0.5) is 24.5 Å². The van der Waals surface area contributed by atoms with Gasteiger partial charge in [0.05, 0.1) is 13.4 Å². The molecule has 0 aliphatic carbocycles. The molecule has 0 saturated carbocycles. The van der Waals surface area contributed by atoms with Gasteiger partial charge in [-0.25, -0.2) is 0 Å². The lowest BCUT2D eigenvalue weighted by Gasteiger charge is -2.25. The molecule has 190 valence electrons. The average molecular weight is 494 g/mol. The normalized spacial score (nSPS) is 11.4. The highest BCUT2D eigenvalue weighted by Crippen LogP contribution is 2.36. The van der Waals surface area contributed by atoms with E-state index in [4.69, 9.17) is 0 Å². The Bertz CT molecular complexity index is 1210. The van der Waals surface area contributed by atoms with Crippen molar-refractivity contribution in [3.05, 3.63) is 98.8 Å². The third-order valence-electron chi connectivity index (χ3n) is 6.51. The topological polar surface area (TPSA) is 18.9 Å². The Labute approximate surface area is 212 Å². The average Bonchev–Trinajstić information content (AvgIpc) is 2.75. The van der Waals surface area contributed by atoms with E-state index in [0.29, 0.717) is 12.1 Å². The van der Waals surface area contributed by atoms with Crippen LogP contribution in [-0.4, -0.2) is 27.6 Å². The smallest absolute Gasteiger partial charge is 0.290 e. The fraction of sp³-hybridized carbons (Fsp3) is 0.300. The van der Waals surface area contributed by atoms with Crippen molar-refractivity contribution < 1.29 is 22.3 Å². The molecule has 0 atom stereocenters. The summed E-state index contributed by atoms with van der Waals surface area (Å²) >= 11 is 0. The van der Waals surface area contributed by atoms with Gasteiger partial charge in [-0.2, -0.15) is 13.2 Å². The molecule has 0 spiro atoms. The number of benzene rings is 2. The Morgan fingerprint density at radius 3 is 1.22 bits per heavy atom. The van der Waals surface area contributed by atoms with E-state index in [1.54, 1.807) is 23.0 Å². The van der Waals surface area contributed by atoms with Crippen molar-refractivity contribution in [2.24, 2.45) is 0 Å². The number of rotatable bonds is 6. The van der Waals surface area contributed by atoms with Crippen LogP contribution in [0.2, 0.25) is 0 Å². The van der Waals surface area contributed by atoms with Gasteiger partial charge in [-0.1, -0.05) is 47.5 Å². The van der Waals surface area contributed by atoms with Crippen LogP contribution in [-0.2, 0) is 6.18 Å². The number of halogens is 3. The molecule has 0 amide bonds. The maximum atomic E-state index is 14.0. The number of pyridine rings is 1. The Morgan fingerprint density at radius 1 is 0.639 bits per heavy atom. The highest BCUT2D eigenvalue weighted by atomic mass is 19.4. The second-order valence-electron chi connectivity index (χ2n) is 9.65. The van der Waals surface area contributed by atoms with Gasteiger partial charge < -0.3 is 0 Å². The number of aryl methyl sites for hydroxylation is 6. The van der Waals surface area contributed by atoms with Gasteiger partial charge in [-0.3, -0.25) is 14.1 Å². The monoisotopic (exact) mass is 493 g/mol. The predicted molar refractivity (Wildman–Crippen MR) is 141 cm³/mol. The van der Waals surface area contributed by atoms with Crippen LogP contribution in [0.5, 0.6) is 0 Å². The van der Waals surface area contributed by atoms with Gasteiger partial charge in [0.1, 0.15) is 23.5 Å². The Morgan fingerprint density at radius 2 is 0.944 bits per heavy atom. The van der Waals surface area contributed by atoms with Crippen molar-refractivity contribution in [2.75, 3.05) is 0 Å². The molecule has 0 fully saturated rings. The summed E-state index contributed by atoms with van der Waals surface area (Å²) in [7, 11) is 0. The van der Waals surface area contributed by atoms with Crippen molar-refractivity contribution in [3.63, 3.8) is 0 Å². The summed E-state index contributed by atoms with van der Waals surface area (Å²) < 4.78 is 45.2. The summed E-state index contributed by atoms with van der Waals surface area (Å²) in [6.45, 7) is 23.7. The highest BCUT2D eigenvalue weighted by molar-refractivity contribution is 5.53. The number of aromatic nitrogens is 1. The number of hydrogen-bond donors (Lipinski definition) is 0. The second-order valence-corrected chi connectivity index (χ2v) is 9.65. The zero-order chi connectivity index (χ0) is 27.1. The molecule has 0 radical (unpaired) electrons. The number of hydrogen-bond acceptors (Lipinski definition) is 1. The van der Waals surface area contributed by atoms with Gasteiger partial charge in [0, 0.05) is 11.4 Å². The zero-order valence-electron chi connectivity index (χ0n) is 22.4. The lowest BCUT2D eigenvalue weighted by Crippen LogP contribution is -2.20. The summed E-state index contributed by atoms with van der Waals surface area (Å²) in [6.07, 6.45) is -4.53. The Hall–Kier alpha value is -3.54. The fourth-order valence-corrected chi connectivity index (χ4v) is 4.87. The molecule has 1 aromatic heterocycles. The van der Waals surface area contributed by atoms with Crippen molar-refractivity contribution in [1.29, 1.82) is 0 Å². The maximum Gasteiger partial charge on any atom is 0.400 e. The van der Waals surface area contributed by atoms with Crippen LogP contribution >= 0.6 is 0 Å². The molecular weight excluding hydrogens is 459 g/mol. The first kappa shape index (κ1) is 27.1. The minimum absolute atomic E-state index is 0.208. The van der Waals surface area contributed by atoms with E-state index in [-0.39, 0.29) is 11.4 Å². The molecule has 6 heteroatoms. The van der Waals surface area contributed by atoms with E-state index in [2.05, 4.69) is 18.4 Å². The van der Waals surface area contributed by atoms with Gasteiger partial charge in [-0.05, 0) is 83.2 Å². The van der Waals surface area contributed by atoms with Crippen LogP contribution in [0.15, 0.2) is 36.4 Å². The minimum atomic E-state index is -4.53. The van der Waals surface area contributed by atoms with Gasteiger partial charge in [-0.15, -0.1) is 0 Å². The van der Waals surface area contributed by atoms with Crippen LogP contribution in [0.25, 0.3) is 0 Å². The van der Waals surface area contributed by atoms with E-state index in [1.165, 1.54) is 0 Å². The summed E-state index contributed by atoms with van der Waals surface area (Å²) in [5.74, 6) is 0. The van der Waals surface area contributed by atoms with E-state index < -0.39 is 11.7 Å². The standard InChI is InChI=1S/C30H34F3N3/c1-17-11-19(3)28(20(4)12-17)35(9)23(7)26-15-25(30(31,32)33)16-27(34-26)24(8)36(10)29-21(5)13-18(2)14-22(29)6/h11-16H,9-10H2,1-8H3. The second kappa shape index (κ2) is 9.84. The third kappa shape index (κ3) is 5.32. The van der Waals surface area contributed by atoms with Gasteiger partial charge in [0.2, 0.25) is 0 Å². The van der Waals surface area contributed by atoms with Crippen LogP contribution in [0, 0.1) is 53.6 Å². The summed E-state index contributed by atoms with van der Waals surface area (Å²) in [5, 5.41) is 0. The summed E-state index contributed by atoms with van der Waals surface area (Å²) in [5.41, 5.74) is 7.54. The van der Waals surface area contributed by atoms with Crippen molar-refractivity contribution in [1.82, 2.24) is 4.98 Å². The van der Waals surface area contributed by atoms with Gasteiger partial charge in [0.25, 0.3) is 0 Å². The van der Waals surface area contributed by atoms with Crippen LogP contribution < -0.4 is 0 Å². The summed E-state index contributed by atoms with van der Waals surface area (Å²) in [6, 6.07) is 11.3. The van der Waals surface area contributed by atoms with E-state index >= 15 is 0 Å². The van der Waals surface area contributed by atoms with Crippen LogP contribution in [0.1, 0.15) is 64.2 Å². The first-order chi connectivity index (χ1) is 16.6. The third-order valence-corrected chi connectivity index (χ3v) is 6.51. The molecule has 36 heavy (non-hydrogen) atoms. The van der Waals surface area contributed by atoms with E-state index in [1.807, 2.05) is 65.8 Å². The molecule has 3 aromatic rings. The maximum absolute atomic E-state index is 14.0.